The van der Waals surface area contributed by atoms with E-state index in [4.69, 9.17) is 5.73 Å². The topological polar surface area (TPSA) is 66.5 Å². The molecule has 0 aliphatic carbocycles. The number of aromatic nitrogens is 1. The van der Waals surface area contributed by atoms with Crippen LogP contribution in [0.5, 0.6) is 0 Å². The van der Waals surface area contributed by atoms with Crippen molar-refractivity contribution in [3.8, 4) is 0 Å². The molecule has 0 unspecified atom stereocenters. The molecule has 0 amide bonds. The molecular formula is C11H19BrN4. The molecule has 0 saturated carbocycles. The van der Waals surface area contributed by atoms with Crippen LogP contribution < -0.4 is 5.73 Å². The van der Waals surface area contributed by atoms with E-state index in [1.807, 2.05) is 26.0 Å². The van der Waals surface area contributed by atoms with Gasteiger partial charge in [-0.3, -0.25) is 4.99 Å². The highest BCUT2D eigenvalue weighted by atomic mass is 79.9. The first-order valence-electron chi connectivity index (χ1n) is 5.41. The number of hydrogen-bond donors (Lipinski definition) is 2. The van der Waals surface area contributed by atoms with Crippen molar-refractivity contribution in [2.24, 2.45) is 15.7 Å². The van der Waals surface area contributed by atoms with Crippen LogP contribution >= 0.6 is 15.9 Å². The van der Waals surface area contributed by atoms with Gasteiger partial charge >= 0.3 is 0 Å². The second kappa shape index (κ2) is 9.15. The van der Waals surface area contributed by atoms with Crippen LogP contribution in [0.4, 0.5) is 0 Å². The minimum atomic E-state index is 0.639. The van der Waals surface area contributed by atoms with Crippen molar-refractivity contribution in [2.45, 2.75) is 27.2 Å². The minimum Gasteiger partial charge on any atom is -0.390 e. The fourth-order valence-electron chi connectivity index (χ4n) is 0.983. The summed E-state index contributed by atoms with van der Waals surface area (Å²) >= 11 is 3.33. The lowest BCUT2D eigenvalue weighted by molar-refractivity contribution is 0.929. The van der Waals surface area contributed by atoms with E-state index in [9.17, 15) is 0 Å². The molecule has 3 N–H and O–H groups in total. The first-order valence-corrected chi connectivity index (χ1v) is 6.20. The molecule has 5 heteroatoms. The lowest BCUT2D eigenvalue weighted by Gasteiger charge is -1.96. The van der Waals surface area contributed by atoms with Gasteiger partial charge in [0.1, 0.15) is 0 Å². The van der Waals surface area contributed by atoms with Crippen LogP contribution in [0.2, 0.25) is 0 Å². The van der Waals surface area contributed by atoms with E-state index in [-0.39, 0.29) is 0 Å². The van der Waals surface area contributed by atoms with E-state index in [1.165, 1.54) is 6.34 Å². The lowest BCUT2D eigenvalue weighted by Crippen LogP contribution is -2.02. The summed E-state index contributed by atoms with van der Waals surface area (Å²) in [5, 5.41) is 0. The first-order chi connectivity index (χ1) is 7.77. The molecule has 0 aliphatic rings. The molecule has 0 radical (unpaired) electrons. The van der Waals surface area contributed by atoms with E-state index in [2.05, 4.69) is 37.8 Å². The van der Waals surface area contributed by atoms with E-state index < -0.39 is 0 Å². The molecule has 1 heterocycles. The largest absolute Gasteiger partial charge is 0.390 e. The number of nitrogens with one attached hydrogen (secondary N) is 1. The summed E-state index contributed by atoms with van der Waals surface area (Å²) < 4.78 is 0.906. The van der Waals surface area contributed by atoms with E-state index in [1.54, 1.807) is 0 Å². The van der Waals surface area contributed by atoms with Crippen molar-refractivity contribution in [1.29, 1.82) is 0 Å². The Balaban J connectivity index is 0.00000106. The van der Waals surface area contributed by atoms with Gasteiger partial charge in [-0.25, -0.2) is 4.99 Å². The van der Waals surface area contributed by atoms with Gasteiger partial charge in [0.05, 0.1) is 16.6 Å². The van der Waals surface area contributed by atoms with Crippen molar-refractivity contribution in [1.82, 2.24) is 4.98 Å². The summed E-state index contributed by atoms with van der Waals surface area (Å²) in [6.45, 7) is 6.82. The van der Waals surface area contributed by atoms with Gasteiger partial charge in [0.2, 0.25) is 0 Å². The van der Waals surface area contributed by atoms with Crippen molar-refractivity contribution < 1.29 is 0 Å². The Morgan fingerprint density at radius 2 is 2.19 bits per heavy atom. The molecule has 16 heavy (non-hydrogen) atoms. The summed E-state index contributed by atoms with van der Waals surface area (Å²) in [5.41, 5.74) is 6.11. The predicted molar refractivity (Wildman–Crippen MR) is 74.2 cm³/mol. The van der Waals surface area contributed by atoms with Crippen LogP contribution in [0.3, 0.4) is 0 Å². The highest BCUT2D eigenvalue weighted by Crippen LogP contribution is 2.10. The zero-order valence-electron chi connectivity index (χ0n) is 10.00. The van der Waals surface area contributed by atoms with Crippen LogP contribution in [0, 0.1) is 0 Å². The Bertz CT molecular complexity index is 342. The summed E-state index contributed by atoms with van der Waals surface area (Å²) in [7, 11) is 0. The smallest absolute Gasteiger partial charge is 0.172 e. The maximum absolute atomic E-state index is 5.25. The zero-order chi connectivity index (χ0) is 12.4. The van der Waals surface area contributed by atoms with Gasteiger partial charge in [-0.2, -0.15) is 0 Å². The SMILES string of the molecule is CC.CCCN=C(N=CN)c1ccc(Br)[nH]1. The predicted octanol–water partition coefficient (Wildman–Crippen LogP) is 2.95. The molecular weight excluding hydrogens is 268 g/mol. The fourth-order valence-corrected chi connectivity index (χ4v) is 1.33. The molecule has 90 valence electrons. The number of aromatic amines is 1. The minimum absolute atomic E-state index is 0.639. The van der Waals surface area contributed by atoms with E-state index in [0.717, 1.165) is 23.3 Å². The highest BCUT2D eigenvalue weighted by Gasteiger charge is 2.02. The van der Waals surface area contributed by atoms with Crippen molar-refractivity contribution >= 4 is 28.1 Å². The second-order valence-corrected chi connectivity index (χ2v) is 3.56. The number of halogens is 1. The van der Waals surface area contributed by atoms with Crippen molar-refractivity contribution in [2.75, 3.05) is 6.54 Å². The molecule has 0 aliphatic heterocycles. The Kier molecular flexibility index (Phi) is 8.52. The number of nitrogens with zero attached hydrogens (tertiary/aromatic N) is 2. The maximum Gasteiger partial charge on any atom is 0.172 e. The Morgan fingerprint density at radius 1 is 1.50 bits per heavy atom. The standard InChI is InChI=1S/C9H13BrN4.C2H6/c1-2-5-12-9(13-6-11)7-3-4-8(10)14-7;1-2/h3-4,6,14H,2,5H2,1H3,(H2,11,12,13);1-2H3. The summed E-state index contributed by atoms with van der Waals surface area (Å²) in [6.07, 6.45) is 2.24. The second-order valence-electron chi connectivity index (χ2n) is 2.70. The van der Waals surface area contributed by atoms with Gasteiger partial charge in [0, 0.05) is 6.54 Å². The van der Waals surface area contributed by atoms with Crippen molar-refractivity contribution in [3.05, 3.63) is 22.4 Å². The molecule has 0 spiro atoms. The number of hydrogen-bond acceptors (Lipinski definition) is 1. The van der Waals surface area contributed by atoms with Crippen LogP contribution in [-0.2, 0) is 0 Å². The third kappa shape index (κ3) is 5.11. The van der Waals surface area contributed by atoms with Crippen LogP contribution in [-0.4, -0.2) is 23.7 Å². The lowest BCUT2D eigenvalue weighted by atomic mass is 10.4. The monoisotopic (exact) mass is 286 g/mol. The van der Waals surface area contributed by atoms with Crippen LogP contribution in [0.15, 0.2) is 26.7 Å². The average molecular weight is 287 g/mol. The van der Waals surface area contributed by atoms with Gasteiger partial charge in [0.25, 0.3) is 0 Å². The average Bonchev–Trinajstić information content (AvgIpc) is 2.74. The fraction of sp³-hybridized carbons (Fsp3) is 0.455. The van der Waals surface area contributed by atoms with Crippen LogP contribution in [0.25, 0.3) is 0 Å². The number of amidine groups is 1. The summed E-state index contributed by atoms with van der Waals surface area (Å²) in [4.78, 5) is 11.4. The zero-order valence-corrected chi connectivity index (χ0v) is 11.6. The van der Waals surface area contributed by atoms with E-state index in [0.29, 0.717) is 5.84 Å². The Labute approximate surface area is 105 Å². The number of aliphatic imine (C=N–C) groups is 2. The quantitative estimate of drug-likeness (QED) is 0.651. The van der Waals surface area contributed by atoms with Gasteiger partial charge in [-0.05, 0) is 34.5 Å². The normalized spacial score (nSPS) is 11.4. The Hall–Kier alpha value is -1.10. The summed E-state index contributed by atoms with van der Waals surface area (Å²) in [6, 6.07) is 3.81. The maximum atomic E-state index is 5.25. The summed E-state index contributed by atoms with van der Waals surface area (Å²) in [5.74, 6) is 0.639. The van der Waals surface area contributed by atoms with Crippen LogP contribution in [0.1, 0.15) is 32.9 Å². The number of H-pyrrole nitrogens is 1. The third-order valence-corrected chi connectivity index (χ3v) is 2.04. The highest BCUT2D eigenvalue weighted by molar-refractivity contribution is 9.10. The molecule has 0 atom stereocenters. The van der Waals surface area contributed by atoms with Gasteiger partial charge in [-0.15, -0.1) is 0 Å². The Morgan fingerprint density at radius 3 is 2.62 bits per heavy atom. The third-order valence-electron chi connectivity index (χ3n) is 1.57. The number of rotatable bonds is 3. The molecule has 0 aromatic carbocycles. The van der Waals surface area contributed by atoms with Crippen molar-refractivity contribution in [3.63, 3.8) is 0 Å². The van der Waals surface area contributed by atoms with Gasteiger partial charge in [-0.1, -0.05) is 20.8 Å². The van der Waals surface area contributed by atoms with Gasteiger partial charge < -0.3 is 10.7 Å². The molecule has 1 aromatic rings. The molecule has 0 saturated heterocycles. The number of nitrogens with two attached hydrogens (primary N) is 1. The molecule has 4 nitrogen and oxygen atoms in total. The molecule has 1 rings (SSSR count). The molecule has 0 bridgehead atoms. The molecule has 1 aromatic heterocycles. The van der Waals surface area contributed by atoms with Gasteiger partial charge in [0.15, 0.2) is 5.84 Å². The molecule has 0 fully saturated rings. The first kappa shape index (κ1) is 14.9. The van der Waals surface area contributed by atoms with E-state index >= 15 is 0 Å².